The molecule has 0 aliphatic heterocycles. The normalized spacial score (nSPS) is 11.9. The highest BCUT2D eigenvalue weighted by atomic mass is 14.8. The maximum absolute atomic E-state index is 5.38. The third-order valence-electron chi connectivity index (χ3n) is 15.3. The van der Waals surface area contributed by atoms with Crippen LogP contribution in [0, 0.1) is 6.92 Å². The molecular weight excluding hydrogens is 895 g/mol. The Morgan fingerprint density at radius 3 is 1.45 bits per heavy atom. The number of para-hydroxylation sites is 1. The molecule has 74 heavy (non-hydrogen) atoms. The highest BCUT2D eigenvalue weighted by Crippen LogP contribution is 2.48. The van der Waals surface area contributed by atoms with Crippen LogP contribution in [-0.2, 0) is 5.41 Å². The van der Waals surface area contributed by atoms with Gasteiger partial charge in [0.1, 0.15) is 0 Å². The van der Waals surface area contributed by atoms with Crippen LogP contribution in [-0.4, -0.2) is 15.0 Å². The first-order chi connectivity index (χ1) is 36.6. The summed E-state index contributed by atoms with van der Waals surface area (Å²) in [6, 6.07) is 96.6. The number of aromatic nitrogens is 3. The maximum Gasteiger partial charge on any atom is 0.0972 e. The highest BCUT2D eigenvalue weighted by molar-refractivity contribution is 6.12. The van der Waals surface area contributed by atoms with E-state index in [-0.39, 0.29) is 0 Å². The summed E-state index contributed by atoms with van der Waals surface area (Å²) in [7, 11) is 0. The van der Waals surface area contributed by atoms with Crippen molar-refractivity contribution in [2.75, 3.05) is 0 Å². The lowest BCUT2D eigenvalue weighted by atomic mass is 9.64. The summed E-state index contributed by atoms with van der Waals surface area (Å²) in [6.07, 6.45) is 0. The molecule has 3 nitrogen and oxygen atoms in total. The van der Waals surface area contributed by atoms with Crippen molar-refractivity contribution < 1.29 is 0 Å². The molecule has 0 saturated heterocycles. The van der Waals surface area contributed by atoms with Crippen LogP contribution < -0.4 is 0 Å². The monoisotopic (exact) mass is 941 g/mol. The molecule has 0 radical (unpaired) electrons. The van der Waals surface area contributed by atoms with Crippen LogP contribution in [0.5, 0.6) is 0 Å². The minimum atomic E-state index is -0.568. The molecule has 0 spiro atoms. The average Bonchev–Trinajstić information content (AvgIpc) is 3.48. The van der Waals surface area contributed by atoms with Crippen molar-refractivity contribution in [3.8, 4) is 44.9 Å². The zero-order valence-corrected chi connectivity index (χ0v) is 40.7. The van der Waals surface area contributed by atoms with Gasteiger partial charge in [-0.1, -0.05) is 231 Å². The van der Waals surface area contributed by atoms with Gasteiger partial charge in [0, 0.05) is 38.2 Å². The number of fused-ring (bicyclic) bond motifs is 9. The zero-order valence-electron chi connectivity index (χ0n) is 40.7. The van der Waals surface area contributed by atoms with Gasteiger partial charge in [-0.3, -0.25) is 0 Å². The molecule has 0 saturated carbocycles. The van der Waals surface area contributed by atoms with E-state index in [0.29, 0.717) is 0 Å². The zero-order chi connectivity index (χ0) is 49.2. The van der Waals surface area contributed by atoms with E-state index in [1.165, 1.54) is 60.3 Å². The smallest absolute Gasteiger partial charge is 0.0972 e. The minimum Gasteiger partial charge on any atom is -0.247 e. The van der Waals surface area contributed by atoms with Crippen LogP contribution in [0.2, 0.25) is 0 Å². The van der Waals surface area contributed by atoms with Crippen molar-refractivity contribution in [1.82, 2.24) is 15.0 Å². The molecule has 14 rings (SSSR count). The van der Waals surface area contributed by atoms with Gasteiger partial charge in [0.2, 0.25) is 0 Å². The number of benzene rings is 11. The Labute approximate surface area is 429 Å². The Kier molecular flexibility index (Phi) is 10.3. The Morgan fingerprint density at radius 2 is 0.784 bits per heavy atom. The van der Waals surface area contributed by atoms with E-state index in [4.69, 9.17) is 15.0 Å². The third kappa shape index (κ3) is 7.16. The van der Waals surface area contributed by atoms with E-state index >= 15 is 0 Å². The first-order valence-electron chi connectivity index (χ1n) is 25.4. The van der Waals surface area contributed by atoms with E-state index in [9.17, 15) is 0 Å². The lowest BCUT2D eigenvalue weighted by molar-refractivity contribution is 0.740. The van der Waals surface area contributed by atoms with Gasteiger partial charge >= 0.3 is 0 Å². The van der Waals surface area contributed by atoms with Crippen molar-refractivity contribution in [3.05, 3.63) is 295 Å². The minimum absolute atomic E-state index is 0.568. The predicted molar refractivity (Wildman–Crippen MR) is 310 cm³/mol. The number of hydrogen-bond donors (Lipinski definition) is 0. The summed E-state index contributed by atoms with van der Waals surface area (Å²) in [5.41, 5.74) is 16.9. The van der Waals surface area contributed by atoms with Gasteiger partial charge in [-0.05, 0) is 109 Å². The summed E-state index contributed by atoms with van der Waals surface area (Å²) < 4.78 is 0. The Morgan fingerprint density at radius 1 is 0.284 bits per heavy atom. The van der Waals surface area contributed by atoms with Crippen LogP contribution in [0.3, 0.4) is 0 Å². The molecule has 3 aromatic heterocycles. The fraction of sp³-hybridized carbons (Fsp3) is 0.0282. The third-order valence-corrected chi connectivity index (χ3v) is 15.3. The molecule has 0 N–H and O–H groups in total. The molecule has 0 aliphatic rings. The van der Waals surface area contributed by atoms with Gasteiger partial charge < -0.3 is 0 Å². The second kappa shape index (κ2) is 17.6. The molecule has 0 amide bonds. The van der Waals surface area contributed by atoms with E-state index in [0.717, 1.165) is 77.4 Å². The molecule has 0 fully saturated rings. The largest absolute Gasteiger partial charge is 0.247 e. The van der Waals surface area contributed by atoms with E-state index < -0.39 is 5.41 Å². The molecule has 0 atom stereocenters. The van der Waals surface area contributed by atoms with Crippen LogP contribution in [0.25, 0.3) is 110 Å². The van der Waals surface area contributed by atoms with Gasteiger partial charge in [-0.15, -0.1) is 0 Å². The summed E-state index contributed by atoms with van der Waals surface area (Å²) in [6.45, 7) is 2.24. The van der Waals surface area contributed by atoms with Crippen molar-refractivity contribution in [1.29, 1.82) is 0 Å². The first kappa shape index (κ1) is 43.2. The fourth-order valence-corrected chi connectivity index (χ4v) is 11.7. The SMILES string of the molecule is Cc1ccccc1C(c1ccccc1)(c1ccccc1)c1ccc2c(-c3ccc(-c4ccc5c(ccc6cc(-c7ccc8ccc9ccc(-c%10ccccc%10)nc9c8n7)ccc65)c4)cc3)nc3ccccc3c2c1. The van der Waals surface area contributed by atoms with Crippen LogP contribution in [0.15, 0.2) is 267 Å². The van der Waals surface area contributed by atoms with Crippen molar-refractivity contribution in [2.45, 2.75) is 12.3 Å². The molecular formula is C71H47N3. The maximum atomic E-state index is 5.38. The summed E-state index contributed by atoms with van der Waals surface area (Å²) in [4.78, 5) is 15.8. The Balaban J connectivity index is 0.817. The number of rotatable bonds is 8. The van der Waals surface area contributed by atoms with E-state index in [2.05, 4.69) is 268 Å². The Hall–Kier alpha value is -9.57. The van der Waals surface area contributed by atoms with E-state index in [1.54, 1.807) is 0 Å². The topological polar surface area (TPSA) is 38.7 Å². The summed E-state index contributed by atoms with van der Waals surface area (Å²) in [5.74, 6) is 0. The molecule has 0 aliphatic carbocycles. The summed E-state index contributed by atoms with van der Waals surface area (Å²) in [5, 5.41) is 10.4. The lowest BCUT2D eigenvalue weighted by Gasteiger charge is -2.38. The first-order valence-corrected chi connectivity index (χ1v) is 25.4. The van der Waals surface area contributed by atoms with Gasteiger partial charge in [-0.2, -0.15) is 0 Å². The van der Waals surface area contributed by atoms with Crippen molar-refractivity contribution in [3.63, 3.8) is 0 Å². The molecule has 11 aromatic carbocycles. The van der Waals surface area contributed by atoms with Gasteiger partial charge in [0.05, 0.1) is 39.0 Å². The number of pyridine rings is 3. The van der Waals surface area contributed by atoms with Crippen LogP contribution in [0.4, 0.5) is 0 Å². The molecule has 346 valence electrons. The lowest BCUT2D eigenvalue weighted by Crippen LogP contribution is -2.31. The molecule has 3 heterocycles. The molecule has 0 bridgehead atoms. The number of nitrogens with zero attached hydrogens (tertiary/aromatic N) is 3. The number of hydrogen-bond acceptors (Lipinski definition) is 3. The summed E-state index contributed by atoms with van der Waals surface area (Å²) >= 11 is 0. The predicted octanol–water partition coefficient (Wildman–Crippen LogP) is 18.1. The quantitative estimate of drug-likeness (QED) is 0.113. The molecule has 0 unspecified atom stereocenters. The number of aryl methyl sites for hydroxylation is 1. The fourth-order valence-electron chi connectivity index (χ4n) is 11.7. The second-order valence-electron chi connectivity index (χ2n) is 19.5. The highest BCUT2D eigenvalue weighted by Gasteiger charge is 2.39. The molecule has 14 aromatic rings. The van der Waals surface area contributed by atoms with Crippen LogP contribution in [0.1, 0.15) is 27.8 Å². The average molecular weight is 942 g/mol. The van der Waals surface area contributed by atoms with Gasteiger partial charge in [0.15, 0.2) is 0 Å². The van der Waals surface area contributed by atoms with Crippen LogP contribution >= 0.6 is 0 Å². The van der Waals surface area contributed by atoms with Gasteiger partial charge in [-0.25, -0.2) is 15.0 Å². The van der Waals surface area contributed by atoms with E-state index in [1.807, 2.05) is 6.07 Å². The van der Waals surface area contributed by atoms with Crippen molar-refractivity contribution in [2.24, 2.45) is 0 Å². The standard InChI is InChI=1S/C71H47N3/c1-46-15-11-13-23-64(46)71(56-18-7-3-8-19-56,57-20-9-4-10-21-57)58-37-40-62-63(45-58)61-22-12-14-24-67(61)74-68(62)49-27-25-47(26-28-49)52-33-38-59-53(43-52)31-32-54-44-55(34-39-60(54)59)66-42-36-51-30-29-50-35-41-65(48-16-5-2-6-17-48)72-69(50)70(51)73-66/h2-45H,1H3. The molecule has 3 heteroatoms. The Bertz CT molecular complexity index is 4430. The van der Waals surface area contributed by atoms with Gasteiger partial charge in [0.25, 0.3) is 0 Å². The van der Waals surface area contributed by atoms with Crippen molar-refractivity contribution >= 4 is 65.0 Å². The second-order valence-corrected chi connectivity index (χ2v) is 19.5.